The number of ether oxygens (including phenoxy) is 1. The molecular formula is C9H10F3NO4. The molecule has 2 saturated heterocycles. The summed E-state index contributed by atoms with van der Waals surface area (Å²) in [5.41, 5.74) is 0. The fourth-order valence-corrected chi connectivity index (χ4v) is 2.41. The molecule has 2 aliphatic rings. The van der Waals surface area contributed by atoms with Crippen molar-refractivity contribution in [2.45, 2.75) is 37.3 Å². The predicted molar refractivity (Wildman–Crippen MR) is 47.0 cm³/mol. The molecule has 17 heavy (non-hydrogen) atoms. The molecule has 2 aliphatic heterocycles. The first-order valence-corrected chi connectivity index (χ1v) is 5.06. The van der Waals surface area contributed by atoms with Gasteiger partial charge in [0.05, 0.1) is 18.2 Å². The average molecular weight is 253 g/mol. The third-order valence-electron chi connectivity index (χ3n) is 3.11. The van der Waals surface area contributed by atoms with Gasteiger partial charge in [0, 0.05) is 0 Å². The maximum Gasteiger partial charge on any atom is 0.471 e. The highest BCUT2D eigenvalue weighted by atomic mass is 19.4. The lowest BCUT2D eigenvalue weighted by molar-refractivity contribution is -0.175. The molecule has 0 aromatic heterocycles. The fraction of sp³-hybridized carbons (Fsp3) is 0.778. The van der Waals surface area contributed by atoms with Crippen molar-refractivity contribution >= 4 is 11.9 Å². The Bertz CT molecular complexity index is 357. The lowest BCUT2D eigenvalue weighted by atomic mass is 9.84. The molecule has 0 radical (unpaired) electrons. The van der Waals surface area contributed by atoms with Crippen molar-refractivity contribution in [2.24, 2.45) is 5.92 Å². The van der Waals surface area contributed by atoms with Crippen molar-refractivity contribution in [1.82, 2.24) is 5.32 Å². The van der Waals surface area contributed by atoms with Crippen molar-refractivity contribution in [2.75, 3.05) is 0 Å². The number of amides is 1. The number of carbonyl (C=O) groups is 2. The highest BCUT2D eigenvalue weighted by Crippen LogP contribution is 2.39. The molecule has 2 heterocycles. The summed E-state index contributed by atoms with van der Waals surface area (Å²) in [6, 6.07) is -1.10. The summed E-state index contributed by atoms with van der Waals surface area (Å²) in [4.78, 5) is 21.7. The quantitative estimate of drug-likeness (QED) is 0.742. The predicted octanol–water partition coefficient (Wildman–Crippen LogP) is 0.296. The van der Waals surface area contributed by atoms with Crippen LogP contribution in [0.5, 0.6) is 0 Å². The van der Waals surface area contributed by atoms with E-state index in [2.05, 4.69) is 0 Å². The van der Waals surface area contributed by atoms with Gasteiger partial charge in [0.2, 0.25) is 0 Å². The van der Waals surface area contributed by atoms with Crippen LogP contribution in [-0.4, -0.2) is 41.4 Å². The van der Waals surface area contributed by atoms with Gasteiger partial charge in [-0.15, -0.1) is 0 Å². The highest BCUT2D eigenvalue weighted by Gasteiger charge is 2.54. The Morgan fingerprint density at radius 3 is 2.35 bits per heavy atom. The van der Waals surface area contributed by atoms with Gasteiger partial charge in [-0.05, 0) is 12.8 Å². The van der Waals surface area contributed by atoms with Crippen molar-refractivity contribution in [1.29, 1.82) is 0 Å². The van der Waals surface area contributed by atoms with Crippen LogP contribution in [0.1, 0.15) is 12.8 Å². The Morgan fingerprint density at radius 1 is 1.24 bits per heavy atom. The highest BCUT2D eigenvalue weighted by molar-refractivity contribution is 5.83. The second kappa shape index (κ2) is 3.86. The van der Waals surface area contributed by atoms with Crippen molar-refractivity contribution in [3.8, 4) is 0 Å². The van der Waals surface area contributed by atoms with E-state index in [1.54, 1.807) is 5.32 Å². The van der Waals surface area contributed by atoms with Crippen molar-refractivity contribution < 1.29 is 32.6 Å². The number of hydrogen-bond acceptors (Lipinski definition) is 3. The molecule has 0 aromatic carbocycles. The molecule has 0 unspecified atom stereocenters. The first-order valence-electron chi connectivity index (χ1n) is 5.06. The summed E-state index contributed by atoms with van der Waals surface area (Å²) in [5.74, 6) is -4.46. The van der Waals surface area contributed by atoms with Crippen LogP contribution in [0.2, 0.25) is 0 Å². The molecular weight excluding hydrogens is 243 g/mol. The maximum atomic E-state index is 12.1. The first-order chi connectivity index (χ1) is 7.80. The van der Waals surface area contributed by atoms with Crippen LogP contribution in [-0.2, 0) is 14.3 Å². The summed E-state index contributed by atoms with van der Waals surface area (Å²) in [6.07, 6.45) is -5.27. The average Bonchev–Trinajstić information content (AvgIpc) is 2.75. The first kappa shape index (κ1) is 12.2. The second-order valence-electron chi connectivity index (χ2n) is 4.15. The molecule has 0 aliphatic carbocycles. The van der Waals surface area contributed by atoms with E-state index in [0.29, 0.717) is 12.8 Å². The van der Waals surface area contributed by atoms with Gasteiger partial charge in [0.15, 0.2) is 0 Å². The molecule has 5 nitrogen and oxygen atoms in total. The minimum Gasteiger partial charge on any atom is -0.481 e. The van der Waals surface area contributed by atoms with Gasteiger partial charge in [0.1, 0.15) is 5.92 Å². The van der Waals surface area contributed by atoms with E-state index in [1.807, 2.05) is 0 Å². The number of alkyl halides is 3. The molecule has 2 bridgehead atoms. The van der Waals surface area contributed by atoms with Crippen molar-refractivity contribution in [3.63, 3.8) is 0 Å². The van der Waals surface area contributed by atoms with Crippen LogP contribution >= 0.6 is 0 Å². The zero-order valence-electron chi connectivity index (χ0n) is 8.53. The topological polar surface area (TPSA) is 75.6 Å². The number of halogens is 3. The van der Waals surface area contributed by atoms with Gasteiger partial charge in [-0.25, -0.2) is 0 Å². The molecule has 4 atom stereocenters. The number of carbonyl (C=O) groups excluding carboxylic acids is 1. The molecule has 2 fully saturated rings. The molecule has 2 N–H and O–H groups in total. The number of nitrogens with one attached hydrogen (secondary N) is 1. The van der Waals surface area contributed by atoms with E-state index in [1.165, 1.54) is 0 Å². The Labute approximate surface area is 93.9 Å². The number of carboxylic acids is 1. The Hall–Kier alpha value is -1.31. The Kier molecular flexibility index (Phi) is 2.76. The van der Waals surface area contributed by atoms with Crippen LogP contribution in [0.25, 0.3) is 0 Å². The van der Waals surface area contributed by atoms with Crippen LogP contribution in [0, 0.1) is 5.92 Å². The second-order valence-corrected chi connectivity index (χ2v) is 4.15. The number of rotatable bonds is 2. The molecule has 8 heteroatoms. The number of fused-ring (bicyclic) bond motifs is 2. The van der Waals surface area contributed by atoms with E-state index in [4.69, 9.17) is 9.84 Å². The number of carboxylic acid groups (broad SMARTS) is 1. The minimum absolute atomic E-state index is 0.469. The summed E-state index contributed by atoms with van der Waals surface area (Å²) in [6.45, 7) is 0. The van der Waals surface area contributed by atoms with Crippen molar-refractivity contribution in [3.05, 3.63) is 0 Å². The third-order valence-corrected chi connectivity index (χ3v) is 3.11. The lowest BCUT2D eigenvalue weighted by Crippen LogP contribution is -2.52. The number of hydrogen-bond donors (Lipinski definition) is 2. The zero-order chi connectivity index (χ0) is 12.8. The van der Waals surface area contributed by atoms with Gasteiger partial charge in [-0.1, -0.05) is 0 Å². The maximum absolute atomic E-state index is 12.1. The van der Waals surface area contributed by atoms with E-state index >= 15 is 0 Å². The summed E-state index contributed by atoms with van der Waals surface area (Å²) in [7, 11) is 0. The van der Waals surface area contributed by atoms with Gasteiger partial charge in [0.25, 0.3) is 0 Å². The molecule has 96 valence electrons. The molecule has 0 aromatic rings. The molecule has 0 saturated carbocycles. The summed E-state index contributed by atoms with van der Waals surface area (Å²) < 4.78 is 41.4. The summed E-state index contributed by atoms with van der Waals surface area (Å²) in [5, 5.41) is 10.6. The standard InChI is InChI=1S/C9H10F3NO4/c10-9(11,12)8(16)13-6-4-2-1-3(17-4)5(6)7(14)15/h3-6H,1-2H2,(H,13,16)(H,14,15)/t3-,4+,5-,6+/m0/s1. The van der Waals surface area contributed by atoms with Crippen LogP contribution < -0.4 is 5.32 Å². The fourth-order valence-electron chi connectivity index (χ4n) is 2.41. The van der Waals surface area contributed by atoms with Gasteiger partial charge >= 0.3 is 18.1 Å². The molecule has 2 rings (SSSR count). The van der Waals surface area contributed by atoms with Crippen LogP contribution in [0.4, 0.5) is 13.2 Å². The number of aliphatic carboxylic acids is 1. The lowest BCUT2D eigenvalue weighted by Gasteiger charge is -2.25. The van der Waals surface area contributed by atoms with Gasteiger partial charge < -0.3 is 15.2 Å². The van der Waals surface area contributed by atoms with Gasteiger partial charge in [-0.2, -0.15) is 13.2 Å². The zero-order valence-corrected chi connectivity index (χ0v) is 8.53. The normalized spacial score (nSPS) is 35.9. The molecule has 1 amide bonds. The van der Waals surface area contributed by atoms with E-state index < -0.39 is 42.2 Å². The van der Waals surface area contributed by atoms with Crippen LogP contribution in [0.15, 0.2) is 0 Å². The van der Waals surface area contributed by atoms with Gasteiger partial charge in [-0.3, -0.25) is 9.59 Å². The smallest absolute Gasteiger partial charge is 0.471 e. The monoisotopic (exact) mass is 253 g/mol. The summed E-state index contributed by atoms with van der Waals surface area (Å²) >= 11 is 0. The van der Waals surface area contributed by atoms with E-state index in [-0.39, 0.29) is 0 Å². The van der Waals surface area contributed by atoms with Crippen LogP contribution in [0.3, 0.4) is 0 Å². The van der Waals surface area contributed by atoms with E-state index in [0.717, 1.165) is 0 Å². The third kappa shape index (κ3) is 2.08. The molecule has 0 spiro atoms. The van der Waals surface area contributed by atoms with E-state index in [9.17, 15) is 22.8 Å². The largest absolute Gasteiger partial charge is 0.481 e. The minimum atomic E-state index is -5.01. The Balaban J connectivity index is 2.10. The Morgan fingerprint density at radius 2 is 1.82 bits per heavy atom. The SMILES string of the molecule is O=C(O)[C@@H]1[C@H](NC(=O)C(F)(F)F)[C@H]2CC[C@@H]1O2.